The van der Waals surface area contributed by atoms with Crippen LogP contribution < -0.4 is 10.1 Å². The number of benzene rings is 1. The highest BCUT2D eigenvalue weighted by atomic mass is 32.2. The molecular formula is C19H24N2O5S2. The predicted molar refractivity (Wildman–Crippen MR) is 107 cm³/mol. The van der Waals surface area contributed by atoms with E-state index in [1.165, 1.54) is 7.11 Å². The summed E-state index contributed by atoms with van der Waals surface area (Å²) in [5, 5.41) is 2.04. The van der Waals surface area contributed by atoms with Crippen molar-refractivity contribution in [3.8, 4) is 5.75 Å². The van der Waals surface area contributed by atoms with Gasteiger partial charge in [-0.15, -0.1) is 0 Å². The third-order valence-corrected chi connectivity index (χ3v) is 9.26. The molecule has 0 bridgehead atoms. The van der Waals surface area contributed by atoms with Crippen LogP contribution in [0.3, 0.4) is 0 Å². The van der Waals surface area contributed by atoms with Crippen LogP contribution in [0.2, 0.25) is 0 Å². The molecule has 9 heteroatoms. The van der Waals surface area contributed by atoms with E-state index in [4.69, 9.17) is 4.74 Å². The van der Waals surface area contributed by atoms with Crippen molar-refractivity contribution in [3.05, 3.63) is 53.3 Å². The minimum atomic E-state index is -3.86. The Balaban J connectivity index is 1.93. The SMILES string of the molecule is COc1cc(C)c(S(=O)(=O)[C@H]2CS(=O)(=O)C[C@@H]2NCc2ccccn2)cc1C. The molecule has 2 atom stereocenters. The number of nitrogens with zero attached hydrogens (tertiary/aromatic N) is 1. The molecule has 2 heterocycles. The molecule has 0 radical (unpaired) electrons. The molecule has 3 rings (SSSR count). The molecular weight excluding hydrogens is 400 g/mol. The number of sulfone groups is 2. The van der Waals surface area contributed by atoms with Crippen molar-refractivity contribution in [2.24, 2.45) is 0 Å². The van der Waals surface area contributed by atoms with Gasteiger partial charge in [0, 0.05) is 18.8 Å². The van der Waals surface area contributed by atoms with Crippen molar-refractivity contribution in [2.45, 2.75) is 36.6 Å². The molecule has 1 N–H and O–H groups in total. The summed E-state index contributed by atoms with van der Waals surface area (Å²) in [6, 6.07) is 7.95. The molecule has 1 aliphatic rings. The largest absolute Gasteiger partial charge is 0.496 e. The molecule has 152 valence electrons. The Hall–Kier alpha value is -1.97. The molecule has 7 nitrogen and oxygen atoms in total. The van der Waals surface area contributed by atoms with Crippen LogP contribution >= 0.6 is 0 Å². The van der Waals surface area contributed by atoms with Gasteiger partial charge in [-0.1, -0.05) is 6.07 Å². The Morgan fingerprint density at radius 3 is 2.57 bits per heavy atom. The van der Waals surface area contributed by atoms with Gasteiger partial charge in [0.1, 0.15) is 5.75 Å². The maximum Gasteiger partial charge on any atom is 0.184 e. The van der Waals surface area contributed by atoms with Crippen LogP contribution in [-0.2, 0) is 26.2 Å². The van der Waals surface area contributed by atoms with Crippen LogP contribution in [0.25, 0.3) is 0 Å². The predicted octanol–water partition coefficient (Wildman–Crippen LogP) is 1.44. The monoisotopic (exact) mass is 424 g/mol. The molecule has 28 heavy (non-hydrogen) atoms. The van der Waals surface area contributed by atoms with E-state index in [1.807, 2.05) is 6.07 Å². The molecule has 0 aliphatic carbocycles. The molecule has 1 fully saturated rings. The maximum absolute atomic E-state index is 13.4. The number of pyridine rings is 1. The fourth-order valence-electron chi connectivity index (χ4n) is 3.50. The first kappa shape index (κ1) is 20.8. The third-order valence-electron chi connectivity index (χ3n) is 4.97. The van der Waals surface area contributed by atoms with Crippen LogP contribution in [0.15, 0.2) is 41.4 Å². The standard InChI is InChI=1S/C19H24N2O5S2/c1-13-9-18(14(2)8-17(13)26-3)28(24,25)19-12-27(22,23)11-16(19)21-10-15-6-4-5-7-20-15/h4-9,16,19,21H,10-12H2,1-3H3/t16-,19-/m0/s1. The summed E-state index contributed by atoms with van der Waals surface area (Å²) in [6.45, 7) is 3.75. The van der Waals surface area contributed by atoms with Gasteiger partial charge < -0.3 is 10.1 Å². The van der Waals surface area contributed by atoms with Crippen molar-refractivity contribution < 1.29 is 21.6 Å². The summed E-state index contributed by atoms with van der Waals surface area (Å²) in [5.41, 5.74) is 1.94. The van der Waals surface area contributed by atoms with E-state index in [1.54, 1.807) is 44.3 Å². The molecule has 1 saturated heterocycles. The van der Waals surface area contributed by atoms with Crippen molar-refractivity contribution in [2.75, 3.05) is 18.6 Å². The zero-order valence-electron chi connectivity index (χ0n) is 16.0. The number of rotatable bonds is 6. The normalized spacial score (nSPS) is 21.5. The van der Waals surface area contributed by atoms with Crippen molar-refractivity contribution in [3.63, 3.8) is 0 Å². The Morgan fingerprint density at radius 1 is 1.18 bits per heavy atom. The lowest BCUT2D eigenvalue weighted by Gasteiger charge is -2.21. The second kappa shape index (κ2) is 7.81. The van der Waals surface area contributed by atoms with Gasteiger partial charge in [-0.25, -0.2) is 16.8 Å². The quantitative estimate of drug-likeness (QED) is 0.748. The van der Waals surface area contributed by atoms with Gasteiger partial charge in [0.2, 0.25) is 0 Å². The fraction of sp³-hybridized carbons (Fsp3) is 0.421. The second-order valence-corrected chi connectivity index (χ2v) is 11.3. The summed E-state index contributed by atoms with van der Waals surface area (Å²) in [4.78, 5) is 4.34. The Labute approximate surface area is 166 Å². The Kier molecular flexibility index (Phi) is 5.79. The van der Waals surface area contributed by atoms with Crippen LogP contribution in [0.1, 0.15) is 16.8 Å². The zero-order chi connectivity index (χ0) is 20.5. The van der Waals surface area contributed by atoms with E-state index in [9.17, 15) is 16.8 Å². The maximum atomic E-state index is 13.4. The molecule has 0 spiro atoms. The van der Waals surface area contributed by atoms with E-state index in [0.717, 1.165) is 5.69 Å². The minimum absolute atomic E-state index is 0.150. The highest BCUT2D eigenvalue weighted by molar-refractivity contribution is 7.96. The summed E-state index contributed by atoms with van der Waals surface area (Å²) >= 11 is 0. The Morgan fingerprint density at radius 2 is 1.93 bits per heavy atom. The van der Waals surface area contributed by atoms with E-state index < -0.39 is 31.0 Å². The number of aryl methyl sites for hydroxylation is 2. The number of hydrogen-bond acceptors (Lipinski definition) is 7. The van der Waals surface area contributed by atoms with E-state index in [2.05, 4.69) is 10.3 Å². The topological polar surface area (TPSA) is 102 Å². The van der Waals surface area contributed by atoms with E-state index in [0.29, 0.717) is 23.4 Å². The summed E-state index contributed by atoms with van der Waals surface area (Å²) in [5.74, 6) is -0.00203. The first-order valence-corrected chi connectivity index (χ1v) is 12.2. The highest BCUT2D eigenvalue weighted by Crippen LogP contribution is 2.31. The smallest absolute Gasteiger partial charge is 0.184 e. The fourth-order valence-corrected chi connectivity index (χ4v) is 8.53. The number of hydrogen-bond donors (Lipinski definition) is 1. The number of nitrogens with one attached hydrogen (secondary N) is 1. The van der Waals surface area contributed by atoms with E-state index >= 15 is 0 Å². The molecule has 0 saturated carbocycles. The van der Waals surface area contributed by atoms with Crippen LogP contribution in [0.4, 0.5) is 0 Å². The van der Waals surface area contributed by atoms with Gasteiger partial charge in [-0.3, -0.25) is 4.98 Å². The van der Waals surface area contributed by atoms with Gasteiger partial charge in [-0.05, 0) is 49.2 Å². The van der Waals surface area contributed by atoms with Gasteiger partial charge in [0.05, 0.1) is 34.5 Å². The molecule has 2 aromatic rings. The lowest BCUT2D eigenvalue weighted by atomic mass is 10.1. The summed E-state index contributed by atoms with van der Waals surface area (Å²) in [7, 11) is -5.80. The minimum Gasteiger partial charge on any atom is -0.496 e. The van der Waals surface area contributed by atoms with E-state index in [-0.39, 0.29) is 16.4 Å². The Bertz CT molecular complexity index is 1070. The molecule has 1 aromatic heterocycles. The zero-order valence-corrected chi connectivity index (χ0v) is 17.7. The first-order chi connectivity index (χ1) is 13.1. The van der Waals surface area contributed by atoms with Crippen molar-refractivity contribution in [1.29, 1.82) is 0 Å². The average Bonchev–Trinajstić information content (AvgIpc) is 2.97. The lowest BCUT2D eigenvalue weighted by molar-refractivity contribution is 0.411. The van der Waals surface area contributed by atoms with Gasteiger partial charge >= 0.3 is 0 Å². The van der Waals surface area contributed by atoms with Crippen molar-refractivity contribution in [1.82, 2.24) is 10.3 Å². The lowest BCUT2D eigenvalue weighted by Crippen LogP contribution is -2.43. The second-order valence-electron chi connectivity index (χ2n) is 7.06. The van der Waals surface area contributed by atoms with Gasteiger partial charge in [0.15, 0.2) is 19.7 Å². The van der Waals surface area contributed by atoms with Gasteiger partial charge in [0.25, 0.3) is 0 Å². The number of methoxy groups -OCH3 is 1. The summed E-state index contributed by atoms with van der Waals surface area (Å²) < 4.78 is 56.5. The van der Waals surface area contributed by atoms with Crippen LogP contribution in [0.5, 0.6) is 5.75 Å². The number of ether oxygens (including phenoxy) is 1. The summed E-state index contributed by atoms with van der Waals surface area (Å²) in [6.07, 6.45) is 1.64. The van der Waals surface area contributed by atoms with Crippen LogP contribution in [-0.4, -0.2) is 51.7 Å². The first-order valence-electron chi connectivity index (χ1n) is 8.87. The average molecular weight is 425 g/mol. The molecule has 1 aliphatic heterocycles. The van der Waals surface area contributed by atoms with Crippen LogP contribution in [0, 0.1) is 13.8 Å². The molecule has 0 amide bonds. The van der Waals surface area contributed by atoms with Gasteiger partial charge in [-0.2, -0.15) is 0 Å². The molecule has 1 aromatic carbocycles. The molecule has 0 unspecified atom stereocenters. The third kappa shape index (κ3) is 4.21. The van der Waals surface area contributed by atoms with Crippen molar-refractivity contribution >= 4 is 19.7 Å². The number of aromatic nitrogens is 1. The highest BCUT2D eigenvalue weighted by Gasteiger charge is 2.46.